The van der Waals surface area contributed by atoms with Gasteiger partial charge in [0.25, 0.3) is 0 Å². The normalized spacial score (nSPS) is 20.9. The molecule has 0 radical (unpaired) electrons. The van der Waals surface area contributed by atoms with Crippen molar-refractivity contribution in [2.24, 2.45) is 0 Å². The van der Waals surface area contributed by atoms with E-state index in [2.05, 4.69) is 15.4 Å². The van der Waals surface area contributed by atoms with Crippen LogP contribution in [-0.4, -0.2) is 66.0 Å². The van der Waals surface area contributed by atoms with Crippen molar-refractivity contribution in [2.45, 2.75) is 38.6 Å². The van der Waals surface area contributed by atoms with E-state index < -0.39 is 12.2 Å². The molecule has 1 N–H and O–H groups in total. The Kier molecular flexibility index (Phi) is 4.56. The highest BCUT2D eigenvalue weighted by molar-refractivity contribution is 5.76. The largest absolute Gasteiger partial charge is 0.482 e. The summed E-state index contributed by atoms with van der Waals surface area (Å²) in [6, 6.07) is 0. The molecule has 0 bridgehead atoms. The maximum atomic E-state index is 12.2. The standard InChI is InChI=1S/C14H20N6O3/c1-2-19-8-11(7-16-19)23-13-10-18(9-12(13)21)14(22)3-5-20-6-4-15-17-20/h4,6-8,12-13,21H,2-3,5,9-10H2,1H3/t12-,13-/m1/s1. The molecule has 1 saturated heterocycles. The Morgan fingerprint density at radius 3 is 3.00 bits per heavy atom. The number of aliphatic hydroxyl groups is 1. The van der Waals surface area contributed by atoms with E-state index in [-0.39, 0.29) is 12.5 Å². The fourth-order valence-electron chi connectivity index (χ4n) is 2.55. The predicted molar refractivity (Wildman–Crippen MR) is 79.5 cm³/mol. The molecule has 1 aliphatic heterocycles. The van der Waals surface area contributed by atoms with Gasteiger partial charge in [-0.25, -0.2) is 0 Å². The fraction of sp³-hybridized carbons (Fsp3) is 0.571. The molecule has 1 amide bonds. The molecule has 0 spiro atoms. The Balaban J connectivity index is 1.51. The van der Waals surface area contributed by atoms with Crippen LogP contribution in [0.3, 0.4) is 0 Å². The van der Waals surface area contributed by atoms with Gasteiger partial charge in [-0.05, 0) is 6.92 Å². The van der Waals surface area contributed by atoms with E-state index in [4.69, 9.17) is 4.74 Å². The number of rotatable bonds is 6. The van der Waals surface area contributed by atoms with Gasteiger partial charge in [0.15, 0.2) is 5.75 Å². The number of aryl methyl sites for hydroxylation is 2. The summed E-state index contributed by atoms with van der Waals surface area (Å²) in [5, 5.41) is 21.8. The van der Waals surface area contributed by atoms with E-state index in [1.165, 1.54) is 0 Å². The molecule has 3 rings (SSSR count). The average Bonchev–Trinajstić information content (AvgIpc) is 3.27. The molecule has 9 nitrogen and oxygen atoms in total. The zero-order chi connectivity index (χ0) is 16.2. The van der Waals surface area contributed by atoms with Gasteiger partial charge in [0.1, 0.15) is 12.2 Å². The average molecular weight is 320 g/mol. The SMILES string of the molecule is CCn1cc(O[C@@H]2CN(C(=O)CCn3ccnn3)C[C@H]2O)cn1. The van der Waals surface area contributed by atoms with E-state index in [1.54, 1.807) is 39.1 Å². The number of aliphatic hydroxyl groups excluding tert-OH is 1. The first-order valence-electron chi connectivity index (χ1n) is 7.64. The summed E-state index contributed by atoms with van der Waals surface area (Å²) in [5.41, 5.74) is 0. The van der Waals surface area contributed by atoms with Crippen molar-refractivity contribution in [3.8, 4) is 5.75 Å². The topological polar surface area (TPSA) is 98.3 Å². The number of likely N-dealkylation sites (tertiary alicyclic amines) is 1. The summed E-state index contributed by atoms with van der Waals surface area (Å²) in [4.78, 5) is 13.8. The zero-order valence-corrected chi connectivity index (χ0v) is 12.9. The van der Waals surface area contributed by atoms with Gasteiger partial charge in [-0.1, -0.05) is 5.21 Å². The van der Waals surface area contributed by atoms with E-state index >= 15 is 0 Å². The molecular weight excluding hydrogens is 300 g/mol. The van der Waals surface area contributed by atoms with Crippen molar-refractivity contribution in [2.75, 3.05) is 13.1 Å². The molecule has 0 aliphatic carbocycles. The van der Waals surface area contributed by atoms with Crippen LogP contribution >= 0.6 is 0 Å². The lowest BCUT2D eigenvalue weighted by Gasteiger charge is -2.16. The van der Waals surface area contributed by atoms with Crippen LogP contribution in [0.1, 0.15) is 13.3 Å². The number of carbonyl (C=O) groups is 1. The zero-order valence-electron chi connectivity index (χ0n) is 12.9. The van der Waals surface area contributed by atoms with Crippen molar-refractivity contribution in [1.29, 1.82) is 0 Å². The second-order valence-corrected chi connectivity index (χ2v) is 5.47. The molecule has 3 heterocycles. The maximum absolute atomic E-state index is 12.2. The molecule has 2 aromatic heterocycles. The summed E-state index contributed by atoms with van der Waals surface area (Å²) in [6.45, 7) is 3.86. The van der Waals surface area contributed by atoms with Crippen molar-refractivity contribution in [3.05, 3.63) is 24.8 Å². The quantitative estimate of drug-likeness (QED) is 0.773. The summed E-state index contributed by atoms with van der Waals surface area (Å²) < 4.78 is 9.10. The highest BCUT2D eigenvalue weighted by Gasteiger charge is 2.35. The summed E-state index contributed by atoms with van der Waals surface area (Å²) in [6.07, 6.45) is 5.87. The minimum absolute atomic E-state index is 0.0325. The minimum Gasteiger partial charge on any atom is -0.482 e. The molecule has 9 heteroatoms. The lowest BCUT2D eigenvalue weighted by atomic mass is 10.3. The lowest BCUT2D eigenvalue weighted by molar-refractivity contribution is -0.130. The van der Waals surface area contributed by atoms with Gasteiger partial charge < -0.3 is 14.7 Å². The summed E-state index contributed by atoms with van der Waals surface area (Å²) in [5.74, 6) is 0.572. The van der Waals surface area contributed by atoms with Crippen LogP contribution in [0.2, 0.25) is 0 Å². The van der Waals surface area contributed by atoms with Crippen molar-refractivity contribution >= 4 is 5.91 Å². The van der Waals surface area contributed by atoms with E-state index in [1.807, 2.05) is 6.92 Å². The Bertz CT molecular complexity index is 641. The molecule has 2 atom stereocenters. The molecule has 0 unspecified atom stereocenters. The molecule has 23 heavy (non-hydrogen) atoms. The second kappa shape index (κ2) is 6.78. The number of hydrogen-bond acceptors (Lipinski definition) is 6. The smallest absolute Gasteiger partial charge is 0.224 e. The van der Waals surface area contributed by atoms with E-state index in [0.29, 0.717) is 25.3 Å². The van der Waals surface area contributed by atoms with Crippen molar-refractivity contribution < 1.29 is 14.6 Å². The number of nitrogens with zero attached hydrogens (tertiary/aromatic N) is 6. The Morgan fingerprint density at radius 2 is 2.30 bits per heavy atom. The maximum Gasteiger partial charge on any atom is 0.224 e. The van der Waals surface area contributed by atoms with E-state index in [9.17, 15) is 9.90 Å². The Morgan fingerprint density at radius 1 is 1.43 bits per heavy atom. The first kappa shape index (κ1) is 15.5. The fourth-order valence-corrected chi connectivity index (χ4v) is 2.55. The molecule has 1 fully saturated rings. The molecule has 1 aliphatic rings. The van der Waals surface area contributed by atoms with Gasteiger partial charge in [-0.2, -0.15) is 5.10 Å². The van der Waals surface area contributed by atoms with Crippen LogP contribution in [-0.2, 0) is 17.9 Å². The molecule has 124 valence electrons. The summed E-state index contributed by atoms with van der Waals surface area (Å²) >= 11 is 0. The van der Waals surface area contributed by atoms with Gasteiger partial charge in [0, 0.05) is 19.2 Å². The first-order chi connectivity index (χ1) is 11.2. The second-order valence-electron chi connectivity index (χ2n) is 5.47. The highest BCUT2D eigenvalue weighted by Crippen LogP contribution is 2.19. The predicted octanol–water partition coefficient (Wildman–Crippen LogP) is -0.465. The first-order valence-corrected chi connectivity index (χ1v) is 7.64. The third kappa shape index (κ3) is 3.67. The lowest BCUT2D eigenvalue weighted by Crippen LogP contribution is -2.31. The van der Waals surface area contributed by atoms with Crippen LogP contribution < -0.4 is 4.74 Å². The van der Waals surface area contributed by atoms with Gasteiger partial charge >= 0.3 is 0 Å². The Labute approximate surface area is 133 Å². The third-order valence-corrected chi connectivity index (χ3v) is 3.84. The van der Waals surface area contributed by atoms with Crippen LogP contribution in [0.4, 0.5) is 0 Å². The molecule has 0 saturated carbocycles. The monoisotopic (exact) mass is 320 g/mol. The van der Waals surface area contributed by atoms with Gasteiger partial charge in [-0.15, -0.1) is 5.10 Å². The number of hydrogen-bond donors (Lipinski definition) is 1. The Hall–Kier alpha value is -2.42. The molecular formula is C14H20N6O3. The van der Waals surface area contributed by atoms with Gasteiger partial charge in [0.05, 0.1) is 38.2 Å². The highest BCUT2D eigenvalue weighted by atomic mass is 16.5. The van der Waals surface area contributed by atoms with Crippen LogP contribution in [0.5, 0.6) is 5.75 Å². The van der Waals surface area contributed by atoms with Gasteiger partial charge in [-0.3, -0.25) is 14.2 Å². The molecule has 0 aromatic carbocycles. The number of β-amino-alcohol motifs (C(OH)–C–C–N with tert-alkyl or cyclic N) is 1. The van der Waals surface area contributed by atoms with Gasteiger partial charge in [0.2, 0.25) is 5.91 Å². The number of carbonyl (C=O) groups excluding carboxylic acids is 1. The number of amides is 1. The van der Waals surface area contributed by atoms with Crippen LogP contribution in [0, 0.1) is 0 Å². The summed E-state index contributed by atoms with van der Waals surface area (Å²) in [7, 11) is 0. The van der Waals surface area contributed by atoms with Crippen molar-refractivity contribution in [1.82, 2.24) is 29.7 Å². The third-order valence-electron chi connectivity index (χ3n) is 3.84. The number of aromatic nitrogens is 5. The molecule has 2 aromatic rings. The van der Waals surface area contributed by atoms with Crippen LogP contribution in [0.25, 0.3) is 0 Å². The van der Waals surface area contributed by atoms with Crippen LogP contribution in [0.15, 0.2) is 24.8 Å². The van der Waals surface area contributed by atoms with Crippen molar-refractivity contribution in [3.63, 3.8) is 0 Å². The van der Waals surface area contributed by atoms with E-state index in [0.717, 1.165) is 6.54 Å². The number of ether oxygens (including phenoxy) is 1. The minimum atomic E-state index is -0.699.